The van der Waals surface area contributed by atoms with E-state index in [1.54, 1.807) is 6.29 Å². The third kappa shape index (κ3) is 26.5. The molecule has 0 aliphatic carbocycles. The smallest absolute Gasteiger partial charge is 0.303 e. The lowest BCUT2D eigenvalue weighted by Crippen LogP contribution is -2.27. The van der Waals surface area contributed by atoms with Crippen molar-refractivity contribution < 1.29 is 38.4 Å². The normalized spacial score (nSPS) is 10.9. The Balaban J connectivity index is 3.16. The Kier molecular flexibility index (Phi) is 24.5. The molecule has 9 heteroatoms. The van der Waals surface area contributed by atoms with Gasteiger partial charge in [-0.1, -0.05) is 38.5 Å². The lowest BCUT2D eigenvalue weighted by atomic mass is 10.1. The Bertz CT molecular complexity index is 448. The number of nitrogens with one attached hydrogen (secondary N) is 1. The quantitative estimate of drug-likeness (QED) is 0.189. The fraction of sp³-hybridized carbons (Fsp3) is 0.870. The SMILES string of the molecule is O=[C]CCOCCOCCOCCOCCNC(=O)CCCCCCCCCCC(=O)O. The Morgan fingerprint density at radius 3 is 1.56 bits per heavy atom. The van der Waals surface area contributed by atoms with Gasteiger partial charge in [0.2, 0.25) is 12.2 Å². The summed E-state index contributed by atoms with van der Waals surface area (Å²) in [5.41, 5.74) is 0. The summed E-state index contributed by atoms with van der Waals surface area (Å²) in [6, 6.07) is 0. The van der Waals surface area contributed by atoms with Crippen molar-refractivity contribution in [2.75, 3.05) is 59.4 Å². The van der Waals surface area contributed by atoms with Crippen LogP contribution in [0.1, 0.15) is 70.6 Å². The molecule has 9 nitrogen and oxygen atoms in total. The number of rotatable bonds is 26. The number of ether oxygens (including phenoxy) is 4. The van der Waals surface area contributed by atoms with Crippen molar-refractivity contribution in [2.45, 2.75) is 70.6 Å². The number of amides is 1. The van der Waals surface area contributed by atoms with Crippen LogP contribution in [-0.4, -0.2) is 82.7 Å². The number of carboxylic acids is 1. The first kappa shape index (κ1) is 30.4. The van der Waals surface area contributed by atoms with Crippen molar-refractivity contribution in [2.24, 2.45) is 0 Å². The lowest BCUT2D eigenvalue weighted by Gasteiger charge is -2.08. The average molecular weight is 461 g/mol. The minimum Gasteiger partial charge on any atom is -0.481 e. The highest BCUT2D eigenvalue weighted by molar-refractivity contribution is 5.75. The zero-order chi connectivity index (χ0) is 23.5. The van der Waals surface area contributed by atoms with E-state index >= 15 is 0 Å². The third-order valence-electron chi connectivity index (χ3n) is 4.58. The molecule has 0 saturated heterocycles. The molecule has 0 saturated carbocycles. The van der Waals surface area contributed by atoms with Crippen LogP contribution < -0.4 is 5.32 Å². The van der Waals surface area contributed by atoms with Crippen molar-refractivity contribution in [1.29, 1.82) is 0 Å². The van der Waals surface area contributed by atoms with Gasteiger partial charge >= 0.3 is 5.97 Å². The van der Waals surface area contributed by atoms with Crippen LogP contribution in [0.3, 0.4) is 0 Å². The van der Waals surface area contributed by atoms with Crippen LogP contribution in [-0.2, 0) is 33.3 Å². The second-order valence-corrected chi connectivity index (χ2v) is 7.42. The van der Waals surface area contributed by atoms with Gasteiger partial charge in [-0.3, -0.25) is 14.4 Å². The molecule has 0 heterocycles. The van der Waals surface area contributed by atoms with Gasteiger partial charge in [-0.05, 0) is 12.8 Å². The molecule has 0 aliphatic heterocycles. The highest BCUT2D eigenvalue weighted by Crippen LogP contribution is 2.10. The van der Waals surface area contributed by atoms with Crippen molar-refractivity contribution in [3.8, 4) is 0 Å². The van der Waals surface area contributed by atoms with Crippen LogP contribution in [0.15, 0.2) is 0 Å². The van der Waals surface area contributed by atoms with Gasteiger partial charge in [0.15, 0.2) is 0 Å². The summed E-state index contributed by atoms with van der Waals surface area (Å²) >= 11 is 0. The van der Waals surface area contributed by atoms with Crippen molar-refractivity contribution in [3.63, 3.8) is 0 Å². The summed E-state index contributed by atoms with van der Waals surface area (Å²) in [5.74, 6) is -0.656. The molecule has 0 aromatic heterocycles. The number of hydrogen-bond donors (Lipinski definition) is 2. The number of carbonyl (C=O) groups is 2. The molecule has 2 N–H and O–H groups in total. The minimum absolute atomic E-state index is 0.0592. The fourth-order valence-corrected chi connectivity index (χ4v) is 2.85. The maximum atomic E-state index is 11.8. The van der Waals surface area contributed by atoms with E-state index in [2.05, 4.69) is 5.32 Å². The third-order valence-corrected chi connectivity index (χ3v) is 4.58. The van der Waals surface area contributed by atoms with Gasteiger partial charge in [-0.15, -0.1) is 0 Å². The Labute approximate surface area is 192 Å². The minimum atomic E-state index is -0.715. The van der Waals surface area contributed by atoms with Gasteiger partial charge in [0.05, 0.1) is 52.9 Å². The molecule has 0 bridgehead atoms. The zero-order valence-electron chi connectivity index (χ0n) is 19.4. The predicted molar refractivity (Wildman–Crippen MR) is 120 cm³/mol. The van der Waals surface area contributed by atoms with Crippen LogP contribution >= 0.6 is 0 Å². The van der Waals surface area contributed by atoms with Crippen LogP contribution in [0.25, 0.3) is 0 Å². The number of unbranched alkanes of at least 4 members (excludes halogenated alkanes) is 7. The molecule has 0 aromatic carbocycles. The molecule has 1 radical (unpaired) electrons. The molecular formula is C23H42NO8. The molecule has 0 aromatic rings. The Hall–Kier alpha value is -1.55. The summed E-state index contributed by atoms with van der Waals surface area (Å²) in [7, 11) is 0. The van der Waals surface area contributed by atoms with Gasteiger partial charge in [0.25, 0.3) is 0 Å². The second-order valence-electron chi connectivity index (χ2n) is 7.42. The maximum Gasteiger partial charge on any atom is 0.303 e. The number of carbonyl (C=O) groups excluding carboxylic acids is 2. The van der Waals surface area contributed by atoms with Crippen molar-refractivity contribution in [3.05, 3.63) is 0 Å². The standard InChI is InChI=1S/C23H42NO8/c25-13-9-14-29-16-18-31-20-21-32-19-17-30-15-12-24-22(26)10-7-5-3-1-2-4-6-8-11-23(27)28/h1-12,14-21H2,(H,24,26)(H,27,28). The van der Waals surface area contributed by atoms with Gasteiger partial charge in [-0.2, -0.15) is 0 Å². The van der Waals surface area contributed by atoms with Crippen LogP contribution in [0.4, 0.5) is 0 Å². The Morgan fingerprint density at radius 1 is 0.625 bits per heavy atom. The zero-order valence-corrected chi connectivity index (χ0v) is 19.4. The van der Waals surface area contributed by atoms with Crippen LogP contribution in [0.5, 0.6) is 0 Å². The largest absolute Gasteiger partial charge is 0.481 e. The summed E-state index contributed by atoms with van der Waals surface area (Å²) in [5, 5.41) is 11.4. The van der Waals surface area contributed by atoms with Crippen molar-refractivity contribution >= 4 is 18.2 Å². The van der Waals surface area contributed by atoms with Gasteiger partial charge in [0, 0.05) is 25.8 Å². The Morgan fingerprint density at radius 2 is 1.06 bits per heavy atom. The molecule has 1 amide bonds. The lowest BCUT2D eigenvalue weighted by molar-refractivity contribution is -0.137. The molecule has 0 unspecified atom stereocenters. The first-order valence-electron chi connectivity index (χ1n) is 11.8. The van der Waals surface area contributed by atoms with E-state index in [0.29, 0.717) is 65.8 Å². The van der Waals surface area contributed by atoms with E-state index in [1.165, 1.54) is 0 Å². The molecule has 0 spiro atoms. The number of hydrogen-bond acceptors (Lipinski definition) is 7. The fourth-order valence-electron chi connectivity index (χ4n) is 2.85. The first-order valence-corrected chi connectivity index (χ1v) is 11.8. The first-order chi connectivity index (χ1) is 15.7. The summed E-state index contributed by atoms with van der Waals surface area (Å²) in [6.07, 6.45) is 11.0. The van der Waals surface area contributed by atoms with Crippen LogP contribution in [0, 0.1) is 0 Å². The number of aliphatic carboxylic acids is 1. The van der Waals surface area contributed by atoms with Gasteiger partial charge < -0.3 is 29.4 Å². The second kappa shape index (κ2) is 25.7. The van der Waals surface area contributed by atoms with E-state index in [4.69, 9.17) is 24.1 Å². The molecule has 187 valence electrons. The maximum absolute atomic E-state index is 11.8. The summed E-state index contributed by atoms with van der Waals surface area (Å²) in [4.78, 5) is 32.1. The molecule has 0 fully saturated rings. The number of carboxylic acid groups (broad SMARTS) is 1. The molecule has 0 atom stereocenters. The van der Waals surface area contributed by atoms with E-state index in [-0.39, 0.29) is 18.7 Å². The van der Waals surface area contributed by atoms with E-state index in [1.807, 2.05) is 0 Å². The van der Waals surface area contributed by atoms with Gasteiger partial charge in [0.1, 0.15) is 0 Å². The van der Waals surface area contributed by atoms with E-state index in [9.17, 15) is 14.4 Å². The topological polar surface area (TPSA) is 120 Å². The van der Waals surface area contributed by atoms with E-state index in [0.717, 1.165) is 51.4 Å². The van der Waals surface area contributed by atoms with Crippen molar-refractivity contribution in [1.82, 2.24) is 5.32 Å². The summed E-state index contributed by atoms with van der Waals surface area (Å²) in [6.45, 7) is 4.16. The molecule has 0 rings (SSSR count). The summed E-state index contributed by atoms with van der Waals surface area (Å²) < 4.78 is 21.2. The van der Waals surface area contributed by atoms with Crippen LogP contribution in [0.2, 0.25) is 0 Å². The molecule has 0 aliphatic rings. The highest BCUT2D eigenvalue weighted by atomic mass is 16.6. The highest BCUT2D eigenvalue weighted by Gasteiger charge is 2.01. The predicted octanol–water partition coefficient (Wildman–Crippen LogP) is 2.65. The van der Waals surface area contributed by atoms with Gasteiger partial charge in [-0.25, -0.2) is 0 Å². The molecule has 32 heavy (non-hydrogen) atoms. The van der Waals surface area contributed by atoms with E-state index < -0.39 is 5.97 Å². The monoisotopic (exact) mass is 460 g/mol. The molecular weight excluding hydrogens is 418 g/mol. The average Bonchev–Trinajstić information content (AvgIpc) is 2.77.